The molecule has 0 bridgehead atoms. The summed E-state index contributed by atoms with van der Waals surface area (Å²) in [5, 5.41) is 9.79. The molecule has 0 radical (unpaired) electrons. The van der Waals surface area contributed by atoms with Crippen molar-refractivity contribution >= 4 is 23.3 Å². The number of para-hydroxylation sites is 1. The third-order valence-electron chi connectivity index (χ3n) is 5.04. The summed E-state index contributed by atoms with van der Waals surface area (Å²) in [6.45, 7) is 3.44. The van der Waals surface area contributed by atoms with Gasteiger partial charge in [-0.3, -0.25) is 4.79 Å². The number of carboxylic acid groups (broad SMARTS) is 1. The van der Waals surface area contributed by atoms with E-state index in [1.54, 1.807) is 0 Å². The third-order valence-corrected chi connectivity index (χ3v) is 5.34. The highest BCUT2D eigenvalue weighted by atomic mass is 35.5. The molecule has 24 heavy (non-hydrogen) atoms. The van der Waals surface area contributed by atoms with E-state index in [4.69, 9.17) is 16.3 Å². The van der Waals surface area contributed by atoms with Gasteiger partial charge < -0.3 is 14.7 Å². The quantitative estimate of drug-likeness (QED) is 0.871. The van der Waals surface area contributed by atoms with Gasteiger partial charge in [-0.1, -0.05) is 36.7 Å². The Morgan fingerprint density at radius 2 is 2.12 bits per heavy atom. The van der Waals surface area contributed by atoms with Crippen molar-refractivity contribution in [2.24, 2.45) is 5.92 Å². The summed E-state index contributed by atoms with van der Waals surface area (Å²) in [5.74, 6) is 0.722. The summed E-state index contributed by atoms with van der Waals surface area (Å²) in [6, 6.07) is 11.9. The fourth-order valence-corrected chi connectivity index (χ4v) is 3.83. The first kappa shape index (κ1) is 15.3. The summed E-state index contributed by atoms with van der Waals surface area (Å²) in [6.07, 6.45) is 0.679. The Morgan fingerprint density at radius 1 is 1.29 bits per heavy atom. The van der Waals surface area contributed by atoms with Gasteiger partial charge in [-0.25, -0.2) is 0 Å². The van der Waals surface area contributed by atoms with Gasteiger partial charge >= 0.3 is 5.97 Å². The van der Waals surface area contributed by atoms with E-state index >= 15 is 0 Å². The Hall–Kier alpha value is -2.20. The number of carboxylic acids is 1. The second-order valence-electron chi connectivity index (χ2n) is 6.47. The molecule has 124 valence electrons. The number of nitrogens with zero attached hydrogens (tertiary/aromatic N) is 1. The van der Waals surface area contributed by atoms with Crippen molar-refractivity contribution in [3.05, 3.63) is 52.5 Å². The minimum Gasteiger partial charge on any atom is -0.481 e. The van der Waals surface area contributed by atoms with Gasteiger partial charge in [0.25, 0.3) is 0 Å². The van der Waals surface area contributed by atoms with Gasteiger partial charge in [0.15, 0.2) is 0 Å². The molecule has 1 N–H and O–H groups in total. The van der Waals surface area contributed by atoms with Crippen LogP contribution in [0.2, 0.25) is 5.02 Å². The first-order valence-corrected chi connectivity index (χ1v) is 8.50. The molecule has 0 aromatic heterocycles. The summed E-state index contributed by atoms with van der Waals surface area (Å²) < 4.78 is 6.08. The summed E-state index contributed by atoms with van der Waals surface area (Å²) >= 11 is 6.29. The minimum atomic E-state index is -0.721. The molecule has 1 fully saturated rings. The van der Waals surface area contributed by atoms with Crippen molar-refractivity contribution in [3.63, 3.8) is 0 Å². The Labute approximate surface area is 145 Å². The average Bonchev–Trinajstić information content (AvgIpc) is 3.06. The first-order valence-electron chi connectivity index (χ1n) is 8.12. The Morgan fingerprint density at radius 3 is 2.88 bits per heavy atom. The van der Waals surface area contributed by atoms with Gasteiger partial charge in [-0.15, -0.1) is 0 Å². The lowest BCUT2D eigenvalue weighted by atomic mass is 9.89. The van der Waals surface area contributed by atoms with E-state index < -0.39 is 5.97 Å². The number of aliphatic carboxylic acids is 1. The fraction of sp³-hybridized carbons (Fsp3) is 0.316. The topological polar surface area (TPSA) is 49.8 Å². The molecule has 2 aliphatic heterocycles. The predicted octanol–water partition coefficient (Wildman–Crippen LogP) is 4.51. The van der Waals surface area contributed by atoms with Gasteiger partial charge in [0.2, 0.25) is 0 Å². The molecule has 2 aromatic carbocycles. The molecular weight excluding hydrogens is 326 g/mol. The van der Waals surface area contributed by atoms with Crippen LogP contribution >= 0.6 is 11.6 Å². The van der Waals surface area contributed by atoms with Crippen LogP contribution in [0.5, 0.6) is 11.5 Å². The standard InChI is InChI=1S/C19H18ClNO3/c1-11-14-6-5-13(21-8-7-12(10-21)19(22)23)9-17(14)24-18-15(11)3-2-4-16(18)20/h2-6,9,11-12H,7-8,10H2,1H3,(H,22,23). The smallest absolute Gasteiger partial charge is 0.308 e. The van der Waals surface area contributed by atoms with Crippen molar-refractivity contribution in [3.8, 4) is 11.5 Å². The highest BCUT2D eigenvalue weighted by Gasteiger charge is 2.30. The van der Waals surface area contributed by atoms with E-state index in [2.05, 4.69) is 24.0 Å². The molecule has 0 aliphatic carbocycles. The van der Waals surface area contributed by atoms with E-state index in [0.717, 1.165) is 34.9 Å². The Bertz CT molecular complexity index is 820. The number of benzene rings is 2. The van der Waals surface area contributed by atoms with Crippen LogP contribution in [0.3, 0.4) is 0 Å². The average molecular weight is 344 g/mol. The van der Waals surface area contributed by atoms with Crippen LogP contribution in [0.15, 0.2) is 36.4 Å². The van der Waals surface area contributed by atoms with Crippen LogP contribution in [0.25, 0.3) is 0 Å². The molecular formula is C19H18ClNO3. The third kappa shape index (κ3) is 2.42. The Balaban J connectivity index is 1.67. The molecule has 4 rings (SSSR count). The van der Waals surface area contributed by atoms with Crippen LogP contribution in [0.4, 0.5) is 5.69 Å². The number of hydrogen-bond donors (Lipinski definition) is 1. The molecule has 2 atom stereocenters. The van der Waals surface area contributed by atoms with E-state index in [0.29, 0.717) is 18.0 Å². The van der Waals surface area contributed by atoms with Crippen LogP contribution in [-0.4, -0.2) is 24.2 Å². The number of ether oxygens (including phenoxy) is 1. The fourth-order valence-electron chi connectivity index (χ4n) is 3.61. The molecule has 2 aliphatic rings. The van der Waals surface area contributed by atoms with Crippen molar-refractivity contribution in [1.29, 1.82) is 0 Å². The van der Waals surface area contributed by atoms with Crippen LogP contribution in [0.1, 0.15) is 30.4 Å². The molecule has 5 heteroatoms. The van der Waals surface area contributed by atoms with Crippen molar-refractivity contribution in [1.82, 2.24) is 0 Å². The molecule has 0 saturated carbocycles. The zero-order valence-corrected chi connectivity index (χ0v) is 14.1. The SMILES string of the molecule is CC1c2ccc(N3CCC(C(=O)O)C3)cc2Oc2c(Cl)cccc21. The first-order chi connectivity index (χ1) is 11.5. The number of fused-ring (bicyclic) bond motifs is 2. The molecule has 2 aromatic rings. The lowest BCUT2D eigenvalue weighted by Crippen LogP contribution is -2.22. The maximum absolute atomic E-state index is 11.2. The predicted molar refractivity (Wildman–Crippen MR) is 93.4 cm³/mol. The van der Waals surface area contributed by atoms with Crippen molar-refractivity contribution < 1.29 is 14.6 Å². The number of hydrogen-bond acceptors (Lipinski definition) is 3. The zero-order chi connectivity index (χ0) is 16.8. The number of rotatable bonds is 2. The molecule has 4 nitrogen and oxygen atoms in total. The summed E-state index contributed by atoms with van der Waals surface area (Å²) in [7, 11) is 0. The zero-order valence-electron chi connectivity index (χ0n) is 13.3. The Kier molecular flexibility index (Phi) is 3.65. The van der Waals surface area contributed by atoms with Crippen molar-refractivity contribution in [2.45, 2.75) is 19.3 Å². The van der Waals surface area contributed by atoms with Crippen LogP contribution in [-0.2, 0) is 4.79 Å². The molecule has 2 unspecified atom stereocenters. The molecule has 2 heterocycles. The normalized spacial score (nSPS) is 21.8. The van der Waals surface area contributed by atoms with E-state index in [-0.39, 0.29) is 11.8 Å². The lowest BCUT2D eigenvalue weighted by Gasteiger charge is -2.28. The summed E-state index contributed by atoms with van der Waals surface area (Å²) in [5.41, 5.74) is 3.22. The van der Waals surface area contributed by atoms with Gasteiger partial charge in [-0.05, 0) is 18.6 Å². The van der Waals surface area contributed by atoms with Gasteiger partial charge in [0, 0.05) is 41.9 Å². The molecule has 0 spiro atoms. The molecule has 1 saturated heterocycles. The van der Waals surface area contributed by atoms with Gasteiger partial charge in [-0.2, -0.15) is 0 Å². The van der Waals surface area contributed by atoms with E-state index in [1.807, 2.05) is 24.3 Å². The van der Waals surface area contributed by atoms with Gasteiger partial charge in [0.1, 0.15) is 11.5 Å². The molecule has 0 amide bonds. The number of carbonyl (C=O) groups is 1. The summed E-state index contributed by atoms with van der Waals surface area (Å²) in [4.78, 5) is 13.3. The highest BCUT2D eigenvalue weighted by Crippen LogP contribution is 2.48. The second-order valence-corrected chi connectivity index (χ2v) is 6.88. The lowest BCUT2D eigenvalue weighted by molar-refractivity contribution is -0.140. The minimum absolute atomic E-state index is 0.210. The largest absolute Gasteiger partial charge is 0.481 e. The van der Waals surface area contributed by atoms with E-state index in [9.17, 15) is 9.90 Å². The second kappa shape index (κ2) is 5.71. The number of halogens is 1. The monoisotopic (exact) mass is 343 g/mol. The number of anilines is 1. The highest BCUT2D eigenvalue weighted by molar-refractivity contribution is 6.32. The van der Waals surface area contributed by atoms with Crippen LogP contribution in [0, 0.1) is 5.92 Å². The maximum Gasteiger partial charge on any atom is 0.308 e. The van der Waals surface area contributed by atoms with Crippen LogP contribution < -0.4 is 9.64 Å². The maximum atomic E-state index is 11.2. The van der Waals surface area contributed by atoms with Gasteiger partial charge in [0.05, 0.1) is 10.9 Å². The van der Waals surface area contributed by atoms with E-state index in [1.165, 1.54) is 0 Å². The van der Waals surface area contributed by atoms with Crippen molar-refractivity contribution in [2.75, 3.05) is 18.0 Å².